The Kier molecular flexibility index (Phi) is 6.26. The van der Waals surface area contributed by atoms with Crippen molar-refractivity contribution in [2.45, 2.75) is 33.3 Å². The van der Waals surface area contributed by atoms with Crippen molar-refractivity contribution in [3.8, 4) is 0 Å². The number of pyridine rings is 1. The highest BCUT2D eigenvalue weighted by atomic mass is 35.5. The van der Waals surface area contributed by atoms with Crippen LogP contribution >= 0.6 is 11.6 Å². The summed E-state index contributed by atoms with van der Waals surface area (Å²) >= 11 is 6.01. The number of rotatable bonds is 7. The predicted octanol–water partition coefficient (Wildman–Crippen LogP) is 2.97. The monoisotopic (exact) mass is 257 g/mol. The van der Waals surface area contributed by atoms with E-state index < -0.39 is 0 Å². The molecule has 5 heteroatoms. The molecule has 1 rings (SSSR count). The van der Waals surface area contributed by atoms with E-state index in [0.29, 0.717) is 29.1 Å². The molecular formula is C12H20ClN3O. The maximum Gasteiger partial charge on any atom is 0.140 e. The third-order valence-corrected chi connectivity index (χ3v) is 2.72. The fourth-order valence-electron chi connectivity index (χ4n) is 1.43. The van der Waals surface area contributed by atoms with Crippen LogP contribution in [0.1, 0.15) is 32.4 Å². The van der Waals surface area contributed by atoms with Crippen LogP contribution in [0.4, 0.5) is 5.82 Å². The van der Waals surface area contributed by atoms with Crippen LogP contribution in [0.3, 0.4) is 0 Å². The van der Waals surface area contributed by atoms with Gasteiger partial charge in [0.1, 0.15) is 5.82 Å². The molecule has 1 aromatic heterocycles. The van der Waals surface area contributed by atoms with Crippen LogP contribution in [0.25, 0.3) is 0 Å². The van der Waals surface area contributed by atoms with Crippen LogP contribution in [0.5, 0.6) is 0 Å². The highest BCUT2D eigenvalue weighted by molar-refractivity contribution is 6.31. The van der Waals surface area contributed by atoms with E-state index in [0.717, 1.165) is 13.0 Å². The van der Waals surface area contributed by atoms with Gasteiger partial charge in [0.2, 0.25) is 0 Å². The fourth-order valence-corrected chi connectivity index (χ4v) is 1.59. The Morgan fingerprint density at radius 2 is 2.24 bits per heavy atom. The second kappa shape index (κ2) is 7.48. The number of aromatic nitrogens is 1. The molecule has 0 bridgehead atoms. The van der Waals surface area contributed by atoms with Gasteiger partial charge in [0.05, 0.1) is 17.3 Å². The third-order valence-electron chi connectivity index (χ3n) is 2.38. The summed E-state index contributed by atoms with van der Waals surface area (Å²) in [4.78, 5) is 4.23. The molecule has 0 unspecified atom stereocenters. The molecule has 0 fully saturated rings. The first-order valence-corrected chi connectivity index (χ1v) is 6.21. The summed E-state index contributed by atoms with van der Waals surface area (Å²) in [6.07, 6.45) is 2.23. The SMILES string of the molecule is CC(C)CCCOCc1nc(NN)ccc1Cl. The Balaban J connectivity index is 2.35. The van der Waals surface area contributed by atoms with Gasteiger partial charge in [-0.25, -0.2) is 10.8 Å². The van der Waals surface area contributed by atoms with E-state index in [1.165, 1.54) is 6.42 Å². The van der Waals surface area contributed by atoms with Crippen LogP contribution in [0.2, 0.25) is 5.02 Å². The Bertz CT molecular complexity index is 345. The number of nitrogens with zero attached hydrogens (tertiary/aromatic N) is 1. The molecule has 1 heterocycles. The molecular weight excluding hydrogens is 238 g/mol. The summed E-state index contributed by atoms with van der Waals surface area (Å²) < 4.78 is 5.53. The van der Waals surface area contributed by atoms with Gasteiger partial charge >= 0.3 is 0 Å². The zero-order valence-corrected chi connectivity index (χ0v) is 11.1. The lowest BCUT2D eigenvalue weighted by atomic mass is 10.1. The number of hydrazine groups is 1. The fraction of sp³-hybridized carbons (Fsp3) is 0.583. The molecule has 0 atom stereocenters. The first-order chi connectivity index (χ1) is 8.13. The topological polar surface area (TPSA) is 60.2 Å². The van der Waals surface area contributed by atoms with Crippen LogP contribution in [-0.2, 0) is 11.3 Å². The number of nitrogen functional groups attached to an aromatic ring is 1. The predicted molar refractivity (Wildman–Crippen MR) is 70.8 cm³/mol. The first kappa shape index (κ1) is 14.2. The molecule has 0 aliphatic rings. The van der Waals surface area contributed by atoms with Gasteiger partial charge in [0, 0.05) is 6.61 Å². The van der Waals surface area contributed by atoms with E-state index in [4.69, 9.17) is 22.2 Å². The molecule has 17 heavy (non-hydrogen) atoms. The number of ether oxygens (including phenoxy) is 1. The molecule has 0 aliphatic carbocycles. The van der Waals surface area contributed by atoms with Crippen LogP contribution < -0.4 is 11.3 Å². The highest BCUT2D eigenvalue weighted by Crippen LogP contribution is 2.17. The summed E-state index contributed by atoms with van der Waals surface area (Å²) in [5.41, 5.74) is 3.20. The van der Waals surface area contributed by atoms with Gasteiger partial charge < -0.3 is 10.2 Å². The smallest absolute Gasteiger partial charge is 0.140 e. The molecule has 0 amide bonds. The van der Waals surface area contributed by atoms with Gasteiger partial charge in [-0.15, -0.1) is 0 Å². The van der Waals surface area contributed by atoms with Crippen LogP contribution in [0, 0.1) is 5.92 Å². The summed E-state index contributed by atoms with van der Waals surface area (Å²) in [5.74, 6) is 6.59. The molecule has 4 nitrogen and oxygen atoms in total. The van der Waals surface area contributed by atoms with Crippen molar-refractivity contribution < 1.29 is 4.74 Å². The zero-order chi connectivity index (χ0) is 12.7. The van der Waals surface area contributed by atoms with Crippen molar-refractivity contribution in [1.29, 1.82) is 0 Å². The normalized spacial score (nSPS) is 10.9. The molecule has 0 spiro atoms. The van der Waals surface area contributed by atoms with Gasteiger partial charge in [-0.2, -0.15) is 0 Å². The van der Waals surface area contributed by atoms with E-state index in [-0.39, 0.29) is 0 Å². The largest absolute Gasteiger partial charge is 0.375 e. The minimum atomic E-state index is 0.423. The Morgan fingerprint density at radius 3 is 2.88 bits per heavy atom. The van der Waals surface area contributed by atoms with Gasteiger partial charge in [-0.05, 0) is 30.9 Å². The van der Waals surface area contributed by atoms with Crippen molar-refractivity contribution in [2.75, 3.05) is 12.0 Å². The number of halogens is 1. The molecule has 0 saturated heterocycles. The van der Waals surface area contributed by atoms with Crippen molar-refractivity contribution in [1.82, 2.24) is 4.98 Å². The summed E-state index contributed by atoms with van der Waals surface area (Å²) in [7, 11) is 0. The number of hydrogen-bond donors (Lipinski definition) is 2. The number of nitrogens with two attached hydrogens (primary N) is 1. The lowest BCUT2D eigenvalue weighted by Gasteiger charge is -2.08. The maximum absolute atomic E-state index is 6.01. The molecule has 96 valence electrons. The Hall–Kier alpha value is -0.840. The quantitative estimate of drug-likeness (QED) is 0.448. The number of anilines is 1. The third kappa shape index (κ3) is 5.35. The summed E-state index contributed by atoms with van der Waals surface area (Å²) in [6.45, 7) is 5.56. The molecule has 1 aromatic rings. The number of nitrogens with one attached hydrogen (secondary N) is 1. The van der Waals surface area contributed by atoms with Gasteiger partial charge in [-0.1, -0.05) is 25.4 Å². The van der Waals surface area contributed by atoms with E-state index in [1.54, 1.807) is 12.1 Å². The minimum absolute atomic E-state index is 0.423. The second-order valence-corrected chi connectivity index (χ2v) is 4.77. The van der Waals surface area contributed by atoms with E-state index >= 15 is 0 Å². The number of hydrogen-bond acceptors (Lipinski definition) is 4. The Morgan fingerprint density at radius 1 is 1.47 bits per heavy atom. The van der Waals surface area contributed by atoms with E-state index in [9.17, 15) is 0 Å². The average Bonchev–Trinajstić information content (AvgIpc) is 2.30. The van der Waals surface area contributed by atoms with E-state index in [2.05, 4.69) is 24.3 Å². The van der Waals surface area contributed by atoms with Gasteiger partial charge in [0.15, 0.2) is 0 Å². The van der Waals surface area contributed by atoms with Crippen molar-refractivity contribution >= 4 is 17.4 Å². The highest BCUT2D eigenvalue weighted by Gasteiger charge is 2.04. The standard InChI is InChI=1S/C12H20ClN3O/c1-9(2)4-3-7-17-8-11-10(13)5-6-12(15-11)16-14/h5-6,9H,3-4,7-8,14H2,1-2H3,(H,15,16). The minimum Gasteiger partial charge on any atom is -0.375 e. The lowest BCUT2D eigenvalue weighted by Crippen LogP contribution is -2.10. The molecule has 0 aliphatic heterocycles. The maximum atomic E-state index is 6.01. The van der Waals surface area contributed by atoms with Crippen molar-refractivity contribution in [3.63, 3.8) is 0 Å². The average molecular weight is 258 g/mol. The molecule has 0 aromatic carbocycles. The first-order valence-electron chi connectivity index (χ1n) is 5.83. The zero-order valence-electron chi connectivity index (χ0n) is 10.4. The molecule has 0 saturated carbocycles. The van der Waals surface area contributed by atoms with Crippen LogP contribution in [-0.4, -0.2) is 11.6 Å². The molecule has 3 N–H and O–H groups in total. The van der Waals surface area contributed by atoms with Crippen molar-refractivity contribution in [2.24, 2.45) is 11.8 Å². The Labute approximate surface area is 107 Å². The van der Waals surface area contributed by atoms with Crippen LogP contribution in [0.15, 0.2) is 12.1 Å². The van der Waals surface area contributed by atoms with E-state index in [1.807, 2.05) is 0 Å². The van der Waals surface area contributed by atoms with Gasteiger partial charge in [0.25, 0.3) is 0 Å². The summed E-state index contributed by atoms with van der Waals surface area (Å²) in [6, 6.07) is 3.49. The lowest BCUT2D eigenvalue weighted by molar-refractivity contribution is 0.112. The molecule has 0 radical (unpaired) electrons. The van der Waals surface area contributed by atoms with Crippen molar-refractivity contribution in [3.05, 3.63) is 22.8 Å². The summed E-state index contributed by atoms with van der Waals surface area (Å²) in [5, 5.41) is 0.604. The van der Waals surface area contributed by atoms with Gasteiger partial charge in [-0.3, -0.25) is 0 Å². The second-order valence-electron chi connectivity index (χ2n) is 4.36.